The van der Waals surface area contributed by atoms with Crippen LogP contribution in [-0.2, 0) is 0 Å². The maximum Gasteiger partial charge on any atom is 0.251 e. The van der Waals surface area contributed by atoms with Crippen LogP contribution in [0.25, 0.3) is 11.1 Å². The summed E-state index contributed by atoms with van der Waals surface area (Å²) in [5, 5.41) is 2.93. The van der Waals surface area contributed by atoms with Crippen molar-refractivity contribution in [1.29, 1.82) is 0 Å². The van der Waals surface area contributed by atoms with Crippen LogP contribution < -0.4 is 15.0 Å². The molecule has 1 atom stereocenters. The maximum atomic E-state index is 12.1. The third kappa shape index (κ3) is 6.20. The number of carbonyl (C=O) groups excluding carboxylic acids is 1. The Hall–Kier alpha value is -3.38. The Morgan fingerprint density at radius 1 is 0.971 bits per heavy atom. The number of piperazine rings is 1. The van der Waals surface area contributed by atoms with Crippen LogP contribution in [0.2, 0.25) is 0 Å². The SMILES string of the molecule is CCCNC(=O)c1ccc(N2CCN(C(C)c3ccc(-c4cncc(OCC)c4)cc3)CC2)cc1. The van der Waals surface area contributed by atoms with E-state index in [1.54, 1.807) is 6.20 Å². The van der Waals surface area contributed by atoms with Crippen LogP contribution in [0.5, 0.6) is 5.75 Å². The number of aromatic nitrogens is 1. The minimum absolute atomic E-state index is 0.00123. The second kappa shape index (κ2) is 11.8. The summed E-state index contributed by atoms with van der Waals surface area (Å²) >= 11 is 0. The average Bonchev–Trinajstić information content (AvgIpc) is 2.92. The summed E-state index contributed by atoms with van der Waals surface area (Å²) in [5.41, 5.74) is 5.43. The Morgan fingerprint density at radius 2 is 1.69 bits per heavy atom. The Bertz CT molecular complexity index is 1090. The molecule has 1 aliphatic heterocycles. The number of hydrogen-bond donors (Lipinski definition) is 1. The van der Waals surface area contributed by atoms with Gasteiger partial charge in [-0.15, -0.1) is 0 Å². The van der Waals surface area contributed by atoms with E-state index in [0.29, 0.717) is 19.2 Å². The van der Waals surface area contributed by atoms with Gasteiger partial charge in [-0.2, -0.15) is 0 Å². The minimum atomic E-state index is 0.00123. The molecule has 1 unspecified atom stereocenters. The van der Waals surface area contributed by atoms with Crippen molar-refractivity contribution in [3.8, 4) is 16.9 Å². The second-order valence-electron chi connectivity index (χ2n) is 8.97. The van der Waals surface area contributed by atoms with Crippen LogP contribution in [0.15, 0.2) is 67.0 Å². The molecule has 1 amide bonds. The van der Waals surface area contributed by atoms with E-state index < -0.39 is 0 Å². The first-order valence-electron chi connectivity index (χ1n) is 12.6. The van der Waals surface area contributed by atoms with E-state index in [0.717, 1.165) is 55.0 Å². The monoisotopic (exact) mass is 472 g/mol. The van der Waals surface area contributed by atoms with E-state index in [9.17, 15) is 4.79 Å². The maximum absolute atomic E-state index is 12.1. The molecule has 1 fully saturated rings. The lowest BCUT2D eigenvalue weighted by molar-refractivity contribution is 0.0953. The van der Waals surface area contributed by atoms with Crippen molar-refractivity contribution in [1.82, 2.24) is 15.2 Å². The zero-order valence-corrected chi connectivity index (χ0v) is 21.0. The highest BCUT2D eigenvalue weighted by atomic mass is 16.5. The van der Waals surface area contributed by atoms with Gasteiger partial charge in [0.05, 0.1) is 12.8 Å². The van der Waals surface area contributed by atoms with Crippen LogP contribution >= 0.6 is 0 Å². The van der Waals surface area contributed by atoms with Gasteiger partial charge < -0.3 is 15.0 Å². The number of rotatable bonds is 9. The lowest BCUT2D eigenvalue weighted by Crippen LogP contribution is -2.47. The molecule has 0 aliphatic carbocycles. The Balaban J connectivity index is 1.33. The standard InChI is InChI=1S/C29H36N4O2/c1-4-14-31-29(34)25-10-12-27(13-11-25)33-17-15-32(16-18-33)22(3)23-6-8-24(9-7-23)26-19-28(35-5-2)21-30-20-26/h6-13,19-22H,4-5,14-18H2,1-3H3,(H,31,34). The fraction of sp³-hybridized carbons (Fsp3) is 0.379. The first kappa shape index (κ1) is 24.7. The molecule has 3 aromatic rings. The number of nitrogens with zero attached hydrogens (tertiary/aromatic N) is 3. The molecule has 4 rings (SSSR count). The zero-order valence-electron chi connectivity index (χ0n) is 21.0. The zero-order chi connectivity index (χ0) is 24.6. The highest BCUT2D eigenvalue weighted by Gasteiger charge is 2.22. The van der Waals surface area contributed by atoms with E-state index >= 15 is 0 Å². The van der Waals surface area contributed by atoms with E-state index in [-0.39, 0.29) is 5.91 Å². The number of anilines is 1. The molecule has 2 heterocycles. The first-order valence-corrected chi connectivity index (χ1v) is 12.6. The Morgan fingerprint density at radius 3 is 2.34 bits per heavy atom. The van der Waals surface area contributed by atoms with Crippen molar-refractivity contribution in [2.45, 2.75) is 33.2 Å². The second-order valence-corrected chi connectivity index (χ2v) is 8.97. The molecule has 6 heteroatoms. The lowest BCUT2D eigenvalue weighted by atomic mass is 10.0. The van der Waals surface area contributed by atoms with Crippen LogP contribution in [-0.4, -0.2) is 55.1 Å². The highest BCUT2D eigenvalue weighted by Crippen LogP contribution is 2.28. The molecule has 0 radical (unpaired) electrons. The van der Waals surface area contributed by atoms with E-state index in [1.807, 2.05) is 31.3 Å². The summed E-state index contributed by atoms with van der Waals surface area (Å²) < 4.78 is 5.59. The van der Waals surface area contributed by atoms with Crippen molar-refractivity contribution in [3.63, 3.8) is 0 Å². The molecule has 1 saturated heterocycles. The van der Waals surface area contributed by atoms with Crippen molar-refractivity contribution in [3.05, 3.63) is 78.1 Å². The molecule has 0 saturated carbocycles. The fourth-order valence-electron chi connectivity index (χ4n) is 4.52. The van der Waals surface area contributed by atoms with Gasteiger partial charge in [0, 0.05) is 61.8 Å². The van der Waals surface area contributed by atoms with Gasteiger partial charge in [-0.1, -0.05) is 31.2 Å². The molecule has 1 aromatic heterocycles. The molecule has 35 heavy (non-hydrogen) atoms. The van der Waals surface area contributed by atoms with Crippen LogP contribution in [0.1, 0.15) is 49.2 Å². The number of amides is 1. The van der Waals surface area contributed by atoms with Crippen molar-refractivity contribution >= 4 is 11.6 Å². The number of carbonyl (C=O) groups is 1. The fourth-order valence-corrected chi connectivity index (χ4v) is 4.52. The third-order valence-electron chi connectivity index (χ3n) is 6.64. The molecule has 184 valence electrons. The van der Waals surface area contributed by atoms with Gasteiger partial charge in [-0.05, 0) is 61.7 Å². The van der Waals surface area contributed by atoms with Gasteiger partial charge in [0.25, 0.3) is 5.91 Å². The third-order valence-corrected chi connectivity index (χ3v) is 6.64. The van der Waals surface area contributed by atoms with Crippen LogP contribution in [0, 0.1) is 0 Å². The molecule has 6 nitrogen and oxygen atoms in total. The van der Waals surface area contributed by atoms with Crippen LogP contribution in [0.4, 0.5) is 5.69 Å². The van der Waals surface area contributed by atoms with E-state index in [4.69, 9.17) is 4.74 Å². The molecule has 2 aromatic carbocycles. The summed E-state index contributed by atoms with van der Waals surface area (Å²) in [4.78, 5) is 21.4. The smallest absolute Gasteiger partial charge is 0.251 e. The molecule has 1 aliphatic rings. The normalized spacial score (nSPS) is 15.0. The average molecular weight is 473 g/mol. The Kier molecular flexibility index (Phi) is 8.37. The minimum Gasteiger partial charge on any atom is -0.492 e. The van der Waals surface area contributed by atoms with Gasteiger partial charge in [0.1, 0.15) is 5.75 Å². The summed E-state index contributed by atoms with van der Waals surface area (Å²) in [5.74, 6) is 0.802. The molecular weight excluding hydrogens is 436 g/mol. The summed E-state index contributed by atoms with van der Waals surface area (Å²) in [6.07, 6.45) is 4.57. The van der Waals surface area contributed by atoms with Crippen molar-refractivity contribution < 1.29 is 9.53 Å². The molecule has 0 spiro atoms. The van der Waals surface area contributed by atoms with Gasteiger partial charge in [-0.25, -0.2) is 0 Å². The predicted molar refractivity (Wildman–Crippen MR) is 142 cm³/mol. The van der Waals surface area contributed by atoms with Gasteiger partial charge in [0.2, 0.25) is 0 Å². The first-order chi connectivity index (χ1) is 17.1. The lowest BCUT2D eigenvalue weighted by Gasteiger charge is -2.39. The van der Waals surface area contributed by atoms with E-state index in [1.165, 1.54) is 11.3 Å². The number of hydrogen-bond acceptors (Lipinski definition) is 5. The van der Waals surface area contributed by atoms with Gasteiger partial charge >= 0.3 is 0 Å². The molecule has 0 bridgehead atoms. The number of ether oxygens (including phenoxy) is 1. The number of nitrogens with one attached hydrogen (secondary N) is 1. The molecule has 1 N–H and O–H groups in total. The van der Waals surface area contributed by atoms with Crippen molar-refractivity contribution in [2.24, 2.45) is 0 Å². The summed E-state index contributed by atoms with van der Waals surface area (Å²) in [6.45, 7) is 11.6. The topological polar surface area (TPSA) is 57.7 Å². The number of pyridine rings is 1. The van der Waals surface area contributed by atoms with Crippen LogP contribution in [0.3, 0.4) is 0 Å². The van der Waals surface area contributed by atoms with Gasteiger partial charge in [-0.3, -0.25) is 14.7 Å². The quantitative estimate of drug-likeness (QED) is 0.466. The highest BCUT2D eigenvalue weighted by molar-refractivity contribution is 5.94. The predicted octanol–water partition coefficient (Wildman–Crippen LogP) is 5.17. The van der Waals surface area contributed by atoms with Gasteiger partial charge in [0.15, 0.2) is 0 Å². The number of benzene rings is 2. The van der Waals surface area contributed by atoms with E-state index in [2.05, 4.69) is 70.3 Å². The summed E-state index contributed by atoms with van der Waals surface area (Å²) in [7, 11) is 0. The largest absolute Gasteiger partial charge is 0.492 e. The summed E-state index contributed by atoms with van der Waals surface area (Å²) in [6, 6.07) is 19.2. The Labute approximate surface area is 208 Å². The molecular formula is C29H36N4O2. The van der Waals surface area contributed by atoms with Crippen molar-refractivity contribution in [2.75, 3.05) is 44.2 Å².